The SMILES string of the molecule is C=CCO[C@H]1C[C@H](n2cnc3c(N)ncnc32)O[C@@H]1COP(=O)(O)OP(=O)(O)OP(=O)(O)O. The van der Waals surface area contributed by atoms with E-state index in [1.807, 2.05) is 0 Å². The number of phosphoric ester groups is 1. The molecule has 3 rings (SSSR count). The summed E-state index contributed by atoms with van der Waals surface area (Å²) in [7, 11) is -16.5. The van der Waals surface area contributed by atoms with Crippen molar-refractivity contribution in [1.82, 2.24) is 19.5 Å². The molecule has 1 fully saturated rings. The van der Waals surface area contributed by atoms with E-state index in [1.54, 1.807) is 4.57 Å². The Morgan fingerprint density at radius 2 is 1.91 bits per heavy atom. The number of anilines is 1. The topological polar surface area (TPSA) is 248 Å². The molecule has 33 heavy (non-hydrogen) atoms. The molecule has 3 heterocycles. The van der Waals surface area contributed by atoms with Gasteiger partial charge in [-0.05, 0) is 0 Å². The molecule has 6 N–H and O–H groups in total. The fraction of sp³-hybridized carbons (Fsp3) is 0.462. The minimum Gasteiger partial charge on any atom is -0.382 e. The number of nitrogens with zero attached hydrogens (tertiary/aromatic N) is 4. The van der Waals surface area contributed by atoms with Crippen LogP contribution in [0.15, 0.2) is 25.3 Å². The molecule has 5 atom stereocenters. The Morgan fingerprint density at radius 3 is 2.58 bits per heavy atom. The summed E-state index contributed by atoms with van der Waals surface area (Å²) in [6.07, 6.45) is 1.93. The van der Waals surface area contributed by atoms with Gasteiger partial charge in [0.15, 0.2) is 11.5 Å². The smallest absolute Gasteiger partial charge is 0.382 e. The van der Waals surface area contributed by atoms with Gasteiger partial charge in [0.25, 0.3) is 0 Å². The molecule has 0 aromatic carbocycles. The number of aromatic nitrogens is 4. The van der Waals surface area contributed by atoms with Crippen LogP contribution in [0.3, 0.4) is 0 Å². The highest BCUT2D eigenvalue weighted by Gasteiger charge is 2.43. The minimum absolute atomic E-state index is 0.103. The van der Waals surface area contributed by atoms with E-state index < -0.39 is 48.5 Å². The highest BCUT2D eigenvalue weighted by atomic mass is 31.3. The normalized spacial score (nSPS) is 25.0. The van der Waals surface area contributed by atoms with Crippen molar-refractivity contribution in [3.05, 3.63) is 25.3 Å². The molecule has 1 saturated heterocycles. The second kappa shape index (κ2) is 9.96. The Hall–Kier alpha value is -1.58. The zero-order valence-corrected chi connectivity index (χ0v) is 19.2. The van der Waals surface area contributed by atoms with Crippen LogP contribution in [0.5, 0.6) is 0 Å². The number of hydrogen-bond acceptors (Lipinski definition) is 12. The fourth-order valence-corrected chi connectivity index (χ4v) is 5.97. The zero-order valence-electron chi connectivity index (χ0n) is 16.6. The van der Waals surface area contributed by atoms with Crippen LogP contribution in [0.2, 0.25) is 0 Å². The third kappa shape index (κ3) is 6.96. The Bertz CT molecular complexity index is 1150. The van der Waals surface area contributed by atoms with Crippen molar-refractivity contribution in [3.8, 4) is 0 Å². The maximum Gasteiger partial charge on any atom is 0.490 e. The van der Waals surface area contributed by atoms with Gasteiger partial charge in [0.05, 0.1) is 25.6 Å². The largest absolute Gasteiger partial charge is 0.490 e. The molecule has 0 saturated carbocycles. The first-order chi connectivity index (χ1) is 15.3. The zero-order chi connectivity index (χ0) is 24.4. The van der Waals surface area contributed by atoms with Gasteiger partial charge in [0.2, 0.25) is 0 Å². The monoisotopic (exact) mass is 531 g/mol. The first-order valence-corrected chi connectivity index (χ1v) is 13.4. The van der Waals surface area contributed by atoms with E-state index in [0.717, 1.165) is 0 Å². The van der Waals surface area contributed by atoms with E-state index in [4.69, 9.17) is 25.0 Å². The maximum atomic E-state index is 12.0. The lowest BCUT2D eigenvalue weighted by molar-refractivity contribution is -0.0551. The van der Waals surface area contributed by atoms with Gasteiger partial charge in [-0.1, -0.05) is 6.08 Å². The quantitative estimate of drug-likeness (QED) is 0.197. The lowest BCUT2D eigenvalue weighted by atomic mass is 10.2. The van der Waals surface area contributed by atoms with Crippen LogP contribution in [0.1, 0.15) is 12.6 Å². The molecule has 2 unspecified atom stereocenters. The molecule has 0 bridgehead atoms. The standard InChI is InChI=1S/C13H20N5O12P3/c1-2-3-26-8-4-10(18-7-17-11-12(14)15-6-16-13(11)18)28-9(8)5-27-32(22,23)30-33(24,25)29-31(19,20)21/h2,6-10H,1,3-5H2,(H,22,23)(H,24,25)(H2,14,15,16)(H2,19,20,21)/t8-,9+,10+/m0/s1. The number of nitrogen functional groups attached to an aromatic ring is 1. The van der Waals surface area contributed by atoms with Crippen molar-refractivity contribution in [3.63, 3.8) is 0 Å². The Morgan fingerprint density at radius 1 is 1.18 bits per heavy atom. The van der Waals surface area contributed by atoms with Crippen molar-refractivity contribution in [2.24, 2.45) is 0 Å². The van der Waals surface area contributed by atoms with Gasteiger partial charge in [-0.2, -0.15) is 8.62 Å². The van der Waals surface area contributed by atoms with Gasteiger partial charge in [-0.25, -0.2) is 28.6 Å². The molecule has 0 aliphatic carbocycles. The van der Waals surface area contributed by atoms with Crippen LogP contribution in [0.4, 0.5) is 5.82 Å². The molecule has 20 heteroatoms. The highest BCUT2D eigenvalue weighted by molar-refractivity contribution is 7.66. The summed E-state index contributed by atoms with van der Waals surface area (Å²) in [5.41, 5.74) is 6.47. The van der Waals surface area contributed by atoms with Crippen LogP contribution >= 0.6 is 23.5 Å². The van der Waals surface area contributed by atoms with Crippen molar-refractivity contribution in [2.75, 3.05) is 18.9 Å². The number of hydrogen-bond donors (Lipinski definition) is 5. The number of fused-ring (bicyclic) bond motifs is 1. The summed E-state index contributed by atoms with van der Waals surface area (Å²) in [4.78, 5) is 48.2. The lowest BCUT2D eigenvalue weighted by Gasteiger charge is -2.21. The van der Waals surface area contributed by atoms with Crippen LogP contribution in [0, 0.1) is 0 Å². The van der Waals surface area contributed by atoms with Crippen LogP contribution in [-0.4, -0.2) is 64.5 Å². The van der Waals surface area contributed by atoms with E-state index in [1.165, 1.54) is 18.7 Å². The summed E-state index contributed by atoms with van der Waals surface area (Å²) in [6.45, 7) is 2.97. The van der Waals surface area contributed by atoms with Crippen molar-refractivity contribution < 1.29 is 55.9 Å². The predicted molar refractivity (Wildman–Crippen MR) is 108 cm³/mol. The van der Waals surface area contributed by atoms with Crippen LogP contribution < -0.4 is 5.73 Å². The van der Waals surface area contributed by atoms with Crippen LogP contribution in [-0.2, 0) is 36.3 Å². The van der Waals surface area contributed by atoms with Gasteiger partial charge in [-0.3, -0.25) is 9.09 Å². The summed E-state index contributed by atoms with van der Waals surface area (Å²) in [6, 6.07) is 0. The molecule has 1 aliphatic rings. The molecule has 0 radical (unpaired) electrons. The highest BCUT2D eigenvalue weighted by Crippen LogP contribution is 2.66. The molecular formula is C13H20N5O12P3. The summed E-state index contributed by atoms with van der Waals surface area (Å²) in [5.74, 6) is 0.153. The first-order valence-electron chi connectivity index (χ1n) is 8.89. The Kier molecular flexibility index (Phi) is 7.86. The minimum atomic E-state index is -5.64. The number of ether oxygens (including phenoxy) is 2. The average molecular weight is 531 g/mol. The van der Waals surface area contributed by atoms with Gasteiger partial charge in [0, 0.05) is 6.42 Å². The first kappa shape index (κ1) is 26.0. The molecule has 0 amide bonds. The van der Waals surface area contributed by atoms with Crippen molar-refractivity contribution in [2.45, 2.75) is 24.9 Å². The molecule has 1 aliphatic heterocycles. The summed E-state index contributed by atoms with van der Waals surface area (Å²) < 4.78 is 59.2. The van der Waals surface area contributed by atoms with E-state index in [2.05, 4.69) is 34.7 Å². The third-order valence-corrected chi connectivity index (χ3v) is 7.93. The molecular weight excluding hydrogens is 511 g/mol. The van der Waals surface area contributed by atoms with Crippen molar-refractivity contribution >= 4 is 40.4 Å². The number of nitrogens with two attached hydrogens (primary N) is 1. The number of rotatable bonds is 11. The molecule has 2 aromatic rings. The molecule has 0 spiro atoms. The van der Waals surface area contributed by atoms with E-state index in [9.17, 15) is 23.5 Å². The summed E-state index contributed by atoms with van der Waals surface area (Å²) >= 11 is 0. The number of phosphoric acid groups is 3. The second-order valence-electron chi connectivity index (χ2n) is 6.50. The number of imidazole rings is 1. The maximum absolute atomic E-state index is 12.0. The van der Waals surface area contributed by atoms with E-state index >= 15 is 0 Å². The van der Waals surface area contributed by atoms with Crippen LogP contribution in [0.25, 0.3) is 11.2 Å². The van der Waals surface area contributed by atoms with Crippen molar-refractivity contribution in [1.29, 1.82) is 0 Å². The predicted octanol–water partition coefficient (Wildman–Crippen LogP) is 0.610. The molecule has 184 valence electrons. The Labute approximate surface area is 185 Å². The third-order valence-electron chi connectivity index (χ3n) is 4.12. The average Bonchev–Trinajstić information content (AvgIpc) is 3.26. The fourth-order valence-electron chi connectivity index (χ4n) is 2.94. The van der Waals surface area contributed by atoms with E-state index in [-0.39, 0.29) is 18.8 Å². The second-order valence-corrected chi connectivity index (χ2v) is 10.9. The van der Waals surface area contributed by atoms with Gasteiger partial charge < -0.3 is 34.8 Å². The van der Waals surface area contributed by atoms with E-state index in [0.29, 0.717) is 11.2 Å². The lowest BCUT2D eigenvalue weighted by Crippen LogP contribution is -2.29. The molecule has 17 nitrogen and oxygen atoms in total. The molecule has 2 aromatic heterocycles. The van der Waals surface area contributed by atoms with Gasteiger partial charge in [-0.15, -0.1) is 6.58 Å². The summed E-state index contributed by atoms with van der Waals surface area (Å²) in [5, 5.41) is 0. The Balaban J connectivity index is 1.72. The van der Waals surface area contributed by atoms with Gasteiger partial charge >= 0.3 is 23.5 Å². The van der Waals surface area contributed by atoms with Gasteiger partial charge in [0.1, 0.15) is 24.2 Å².